The molecule has 4 rings (SSSR count). The fourth-order valence-electron chi connectivity index (χ4n) is 3.72. The van der Waals surface area contributed by atoms with Gasteiger partial charge in [0.2, 0.25) is 11.8 Å². The number of amides is 2. The van der Waals surface area contributed by atoms with Gasteiger partial charge in [-0.2, -0.15) is 5.10 Å². The normalized spacial score (nSPS) is 16.5. The van der Waals surface area contributed by atoms with E-state index in [1.165, 1.54) is 11.0 Å². The molecule has 1 unspecified atom stereocenters. The highest BCUT2D eigenvalue weighted by molar-refractivity contribution is 5.90. The first-order valence-corrected chi connectivity index (χ1v) is 9.84. The molecule has 1 atom stereocenters. The van der Waals surface area contributed by atoms with Gasteiger partial charge in [0.1, 0.15) is 11.9 Å². The molecule has 2 heterocycles. The van der Waals surface area contributed by atoms with E-state index in [1.54, 1.807) is 18.2 Å². The highest BCUT2D eigenvalue weighted by Gasteiger charge is 2.36. The molecule has 1 aliphatic rings. The van der Waals surface area contributed by atoms with Crippen LogP contribution in [0.2, 0.25) is 0 Å². The minimum Gasteiger partial charge on any atom is -0.354 e. The molecule has 1 aromatic heterocycles. The van der Waals surface area contributed by atoms with Crippen LogP contribution in [0.15, 0.2) is 54.7 Å². The molecule has 150 valence electrons. The second-order valence-corrected chi connectivity index (χ2v) is 7.26. The summed E-state index contributed by atoms with van der Waals surface area (Å²) in [6.07, 6.45) is 3.49. The van der Waals surface area contributed by atoms with E-state index < -0.39 is 6.04 Å². The van der Waals surface area contributed by atoms with Gasteiger partial charge in [0.25, 0.3) is 0 Å². The van der Waals surface area contributed by atoms with E-state index in [-0.39, 0.29) is 24.2 Å². The summed E-state index contributed by atoms with van der Waals surface area (Å²) in [5, 5.41) is 8.50. The first-order chi connectivity index (χ1) is 14.1. The molecular formula is C22H23FN4O2. The third-order valence-corrected chi connectivity index (χ3v) is 5.25. The number of benzene rings is 2. The lowest BCUT2D eigenvalue weighted by atomic mass is 10.1. The van der Waals surface area contributed by atoms with Crippen LogP contribution in [0.5, 0.6) is 0 Å². The van der Waals surface area contributed by atoms with Crippen LogP contribution >= 0.6 is 0 Å². The van der Waals surface area contributed by atoms with Gasteiger partial charge < -0.3 is 10.2 Å². The lowest BCUT2D eigenvalue weighted by molar-refractivity contribution is -0.135. The Morgan fingerprint density at radius 1 is 1.17 bits per heavy atom. The summed E-state index contributed by atoms with van der Waals surface area (Å²) in [5.41, 5.74) is 1.37. The summed E-state index contributed by atoms with van der Waals surface area (Å²) in [4.78, 5) is 26.3. The quantitative estimate of drug-likeness (QED) is 0.627. The fraction of sp³-hybridized carbons (Fsp3) is 0.318. The zero-order valence-corrected chi connectivity index (χ0v) is 16.1. The summed E-state index contributed by atoms with van der Waals surface area (Å²) >= 11 is 0. The molecule has 2 amide bonds. The van der Waals surface area contributed by atoms with E-state index in [0.29, 0.717) is 31.5 Å². The number of nitrogens with one attached hydrogen (secondary N) is 1. The second-order valence-electron chi connectivity index (χ2n) is 7.26. The van der Waals surface area contributed by atoms with Crippen LogP contribution in [0, 0.1) is 5.82 Å². The van der Waals surface area contributed by atoms with Crippen LogP contribution in [-0.2, 0) is 22.7 Å². The summed E-state index contributed by atoms with van der Waals surface area (Å²) < 4.78 is 15.8. The molecule has 7 heteroatoms. The molecule has 2 aromatic carbocycles. The molecule has 0 bridgehead atoms. The number of rotatable bonds is 7. The second kappa shape index (κ2) is 8.43. The first kappa shape index (κ1) is 19.1. The van der Waals surface area contributed by atoms with Gasteiger partial charge in [-0.25, -0.2) is 4.39 Å². The Morgan fingerprint density at radius 3 is 2.79 bits per heavy atom. The average molecular weight is 394 g/mol. The summed E-state index contributed by atoms with van der Waals surface area (Å²) in [6.45, 7) is 1.30. The summed E-state index contributed by atoms with van der Waals surface area (Å²) in [7, 11) is 0. The SMILES string of the molecule is O=C(NCCCn1cc2ccccc2n1)C1CCC(=O)N1Cc1ccccc1F. The zero-order valence-electron chi connectivity index (χ0n) is 16.1. The van der Waals surface area contributed by atoms with Crippen LogP contribution in [0.1, 0.15) is 24.8 Å². The average Bonchev–Trinajstić information content (AvgIpc) is 3.30. The van der Waals surface area contributed by atoms with Crippen molar-refractivity contribution in [3.05, 3.63) is 66.1 Å². The van der Waals surface area contributed by atoms with Gasteiger partial charge in [0, 0.05) is 43.2 Å². The van der Waals surface area contributed by atoms with Gasteiger partial charge in [-0.3, -0.25) is 14.3 Å². The van der Waals surface area contributed by atoms with Crippen molar-refractivity contribution < 1.29 is 14.0 Å². The van der Waals surface area contributed by atoms with E-state index in [4.69, 9.17) is 0 Å². The van der Waals surface area contributed by atoms with E-state index in [1.807, 2.05) is 35.1 Å². The number of carbonyl (C=O) groups excluding carboxylic acids is 2. The molecule has 1 aliphatic heterocycles. The van der Waals surface area contributed by atoms with Gasteiger partial charge in [-0.05, 0) is 25.0 Å². The number of hydrogen-bond acceptors (Lipinski definition) is 3. The summed E-state index contributed by atoms with van der Waals surface area (Å²) in [5.74, 6) is -0.660. The molecule has 6 nitrogen and oxygen atoms in total. The molecule has 1 N–H and O–H groups in total. The number of aryl methyl sites for hydroxylation is 1. The number of carbonyl (C=O) groups is 2. The van der Waals surface area contributed by atoms with Gasteiger partial charge in [0.15, 0.2) is 0 Å². The van der Waals surface area contributed by atoms with Crippen LogP contribution in [0.3, 0.4) is 0 Å². The Balaban J connectivity index is 1.30. The van der Waals surface area contributed by atoms with E-state index in [9.17, 15) is 14.0 Å². The highest BCUT2D eigenvalue weighted by Crippen LogP contribution is 2.22. The van der Waals surface area contributed by atoms with Crippen LogP contribution < -0.4 is 5.32 Å². The fourth-order valence-corrected chi connectivity index (χ4v) is 3.72. The molecule has 0 saturated carbocycles. The molecule has 0 radical (unpaired) electrons. The summed E-state index contributed by atoms with van der Waals surface area (Å²) in [6, 6.07) is 13.7. The maximum Gasteiger partial charge on any atom is 0.242 e. The Kier molecular flexibility index (Phi) is 5.55. The van der Waals surface area contributed by atoms with E-state index in [0.717, 1.165) is 17.3 Å². The number of aromatic nitrogens is 2. The molecule has 1 fully saturated rings. The van der Waals surface area contributed by atoms with Crippen molar-refractivity contribution in [2.45, 2.75) is 38.4 Å². The van der Waals surface area contributed by atoms with Crippen molar-refractivity contribution in [1.29, 1.82) is 0 Å². The van der Waals surface area contributed by atoms with Crippen molar-refractivity contribution in [3.63, 3.8) is 0 Å². The highest BCUT2D eigenvalue weighted by atomic mass is 19.1. The molecule has 0 spiro atoms. The third kappa shape index (κ3) is 4.29. The first-order valence-electron chi connectivity index (χ1n) is 9.84. The maximum atomic E-state index is 13.9. The van der Waals surface area contributed by atoms with Crippen LogP contribution in [0.4, 0.5) is 4.39 Å². The number of hydrogen-bond donors (Lipinski definition) is 1. The van der Waals surface area contributed by atoms with Gasteiger partial charge in [0.05, 0.1) is 5.52 Å². The van der Waals surface area contributed by atoms with Crippen molar-refractivity contribution in [2.24, 2.45) is 0 Å². The molecule has 29 heavy (non-hydrogen) atoms. The van der Waals surface area contributed by atoms with Gasteiger partial charge in [-0.15, -0.1) is 0 Å². The Labute approximate surface area is 168 Å². The molecular weight excluding hydrogens is 371 g/mol. The zero-order chi connectivity index (χ0) is 20.2. The van der Waals surface area contributed by atoms with Gasteiger partial charge >= 0.3 is 0 Å². The Hall–Kier alpha value is -3.22. The number of likely N-dealkylation sites (tertiary alicyclic amines) is 1. The van der Waals surface area contributed by atoms with Crippen molar-refractivity contribution >= 4 is 22.7 Å². The predicted molar refractivity (Wildman–Crippen MR) is 107 cm³/mol. The number of nitrogens with zero attached hydrogens (tertiary/aromatic N) is 3. The van der Waals surface area contributed by atoms with Crippen LogP contribution in [-0.4, -0.2) is 39.1 Å². The Bertz CT molecular complexity index is 999. The predicted octanol–water partition coefficient (Wildman–Crippen LogP) is 2.87. The minimum absolute atomic E-state index is 0.114. The monoisotopic (exact) mass is 394 g/mol. The van der Waals surface area contributed by atoms with E-state index >= 15 is 0 Å². The Morgan fingerprint density at radius 2 is 1.97 bits per heavy atom. The third-order valence-electron chi connectivity index (χ3n) is 5.25. The molecule has 1 saturated heterocycles. The van der Waals surface area contributed by atoms with Gasteiger partial charge in [-0.1, -0.05) is 36.4 Å². The van der Waals surface area contributed by atoms with Crippen LogP contribution in [0.25, 0.3) is 10.9 Å². The maximum absolute atomic E-state index is 13.9. The van der Waals surface area contributed by atoms with Crippen molar-refractivity contribution in [3.8, 4) is 0 Å². The van der Waals surface area contributed by atoms with E-state index in [2.05, 4.69) is 10.4 Å². The lowest BCUT2D eigenvalue weighted by Crippen LogP contribution is -2.44. The standard InChI is InChI=1S/C22H23FN4O2/c23-18-8-3-1-6-16(18)15-27-20(10-11-21(27)28)22(29)24-12-5-13-26-14-17-7-2-4-9-19(17)25-26/h1-4,6-9,14,20H,5,10-13,15H2,(H,24,29). The lowest BCUT2D eigenvalue weighted by Gasteiger charge is -2.24. The number of fused-ring (bicyclic) bond motifs is 1. The topological polar surface area (TPSA) is 67.2 Å². The molecule has 3 aromatic rings. The minimum atomic E-state index is -0.547. The molecule has 0 aliphatic carbocycles. The smallest absolute Gasteiger partial charge is 0.242 e. The van der Waals surface area contributed by atoms with Crippen molar-refractivity contribution in [1.82, 2.24) is 20.0 Å². The largest absolute Gasteiger partial charge is 0.354 e. The van der Waals surface area contributed by atoms with Crippen molar-refractivity contribution in [2.75, 3.05) is 6.54 Å². The number of halogens is 1.